The number of benzene rings is 1. The lowest BCUT2D eigenvalue weighted by molar-refractivity contribution is -0.148. The van der Waals surface area contributed by atoms with E-state index in [9.17, 15) is 14.4 Å². The highest BCUT2D eigenvalue weighted by Gasteiger charge is 2.58. The van der Waals surface area contributed by atoms with Gasteiger partial charge in [-0.15, -0.1) is 0 Å². The second-order valence-electron chi connectivity index (χ2n) is 7.21. The molecule has 1 saturated heterocycles. The number of imide groups is 1. The number of rotatable bonds is 4. The third-order valence-corrected chi connectivity index (χ3v) is 5.93. The number of carbonyl (C=O) groups is 3. The van der Waals surface area contributed by atoms with Crippen LogP contribution in [0.5, 0.6) is 0 Å². The highest BCUT2D eigenvalue weighted by molar-refractivity contribution is 6.09. The molecule has 2 bridgehead atoms. The van der Waals surface area contributed by atoms with E-state index < -0.39 is 6.04 Å². The highest BCUT2D eigenvalue weighted by Crippen LogP contribution is 2.50. The van der Waals surface area contributed by atoms with Gasteiger partial charge in [-0.2, -0.15) is 0 Å². The van der Waals surface area contributed by atoms with Crippen LogP contribution in [-0.2, 0) is 20.8 Å². The van der Waals surface area contributed by atoms with E-state index in [1.54, 1.807) is 7.05 Å². The number of hydrogen-bond acceptors (Lipinski definition) is 3. The van der Waals surface area contributed by atoms with Crippen LogP contribution in [0.1, 0.15) is 18.4 Å². The largest absolute Gasteiger partial charge is 0.357 e. The third kappa shape index (κ3) is 2.49. The van der Waals surface area contributed by atoms with E-state index in [4.69, 9.17) is 0 Å². The average molecular weight is 338 g/mol. The van der Waals surface area contributed by atoms with E-state index in [0.29, 0.717) is 6.42 Å². The Morgan fingerprint density at radius 2 is 1.64 bits per heavy atom. The molecule has 1 heterocycles. The summed E-state index contributed by atoms with van der Waals surface area (Å²) in [5, 5.41) is 2.62. The molecule has 130 valence electrons. The van der Waals surface area contributed by atoms with Gasteiger partial charge in [-0.25, -0.2) is 0 Å². The number of allylic oxidation sites excluding steroid dienone is 2. The number of likely N-dealkylation sites (tertiary alicyclic amines) is 1. The number of fused-ring (bicyclic) bond motifs is 1. The minimum Gasteiger partial charge on any atom is -0.357 e. The lowest BCUT2D eigenvalue weighted by Crippen LogP contribution is -2.50. The van der Waals surface area contributed by atoms with Gasteiger partial charge in [-0.1, -0.05) is 42.5 Å². The van der Waals surface area contributed by atoms with Gasteiger partial charge in [-0.3, -0.25) is 19.3 Å². The molecular formula is C20H22N2O3. The molecule has 5 nitrogen and oxygen atoms in total. The first-order valence-electron chi connectivity index (χ1n) is 8.92. The third-order valence-electron chi connectivity index (χ3n) is 5.93. The minimum absolute atomic E-state index is 0.138. The Morgan fingerprint density at radius 1 is 1.08 bits per heavy atom. The van der Waals surface area contributed by atoms with Crippen LogP contribution in [0.3, 0.4) is 0 Å². The summed E-state index contributed by atoms with van der Waals surface area (Å²) in [7, 11) is 1.55. The van der Waals surface area contributed by atoms with Gasteiger partial charge in [0.25, 0.3) is 0 Å². The second-order valence-corrected chi connectivity index (χ2v) is 7.21. The molecule has 4 aliphatic rings. The number of amides is 3. The van der Waals surface area contributed by atoms with Gasteiger partial charge >= 0.3 is 0 Å². The number of carbonyl (C=O) groups excluding carboxylic acids is 3. The van der Waals surface area contributed by atoms with E-state index in [-0.39, 0.29) is 41.4 Å². The smallest absolute Gasteiger partial charge is 0.243 e. The molecule has 1 N–H and O–H groups in total. The van der Waals surface area contributed by atoms with Crippen molar-refractivity contribution in [1.29, 1.82) is 0 Å². The van der Waals surface area contributed by atoms with Crippen LogP contribution in [0.4, 0.5) is 0 Å². The van der Waals surface area contributed by atoms with Crippen LogP contribution in [0.15, 0.2) is 42.5 Å². The molecule has 0 unspecified atom stereocenters. The first-order chi connectivity index (χ1) is 12.1. The second kappa shape index (κ2) is 6.14. The summed E-state index contributed by atoms with van der Waals surface area (Å²) in [6.07, 6.45) is 6.45. The summed E-state index contributed by atoms with van der Waals surface area (Å²) in [6.45, 7) is 0. The maximum Gasteiger partial charge on any atom is 0.243 e. The van der Waals surface area contributed by atoms with Crippen LogP contribution < -0.4 is 5.32 Å². The van der Waals surface area contributed by atoms with Crippen molar-refractivity contribution in [2.45, 2.75) is 25.3 Å². The van der Waals surface area contributed by atoms with Gasteiger partial charge in [-0.05, 0) is 30.2 Å². The fourth-order valence-electron chi connectivity index (χ4n) is 4.71. The Kier molecular flexibility index (Phi) is 3.94. The van der Waals surface area contributed by atoms with Crippen molar-refractivity contribution in [2.24, 2.45) is 23.7 Å². The lowest BCUT2D eigenvalue weighted by Gasteiger charge is -2.38. The monoisotopic (exact) mass is 338 g/mol. The fraction of sp³-hybridized carbons (Fsp3) is 0.450. The zero-order valence-corrected chi connectivity index (χ0v) is 14.2. The maximum absolute atomic E-state index is 13.1. The lowest BCUT2D eigenvalue weighted by atomic mass is 9.63. The van der Waals surface area contributed by atoms with Gasteiger partial charge in [0, 0.05) is 13.5 Å². The van der Waals surface area contributed by atoms with E-state index in [1.807, 2.05) is 30.3 Å². The molecule has 1 aromatic rings. The van der Waals surface area contributed by atoms with Crippen LogP contribution in [0, 0.1) is 23.7 Å². The van der Waals surface area contributed by atoms with E-state index in [1.165, 1.54) is 4.90 Å². The van der Waals surface area contributed by atoms with Crippen molar-refractivity contribution in [1.82, 2.24) is 10.2 Å². The molecule has 0 spiro atoms. The van der Waals surface area contributed by atoms with Crippen LogP contribution in [0.25, 0.3) is 0 Å². The number of nitrogens with zero attached hydrogens (tertiary/aromatic N) is 1. The SMILES string of the molecule is CNC(=O)[C@H](Cc1ccccc1)N1C(=O)[C@@H]2[C@@H](C1=O)[C@H]1C=C[C@H]2CC1. The Balaban J connectivity index is 1.67. The van der Waals surface area contributed by atoms with E-state index >= 15 is 0 Å². The van der Waals surface area contributed by atoms with Crippen molar-refractivity contribution in [2.75, 3.05) is 7.05 Å². The molecule has 5 atom stereocenters. The summed E-state index contributed by atoms with van der Waals surface area (Å²) in [4.78, 5) is 39.9. The fourth-order valence-corrected chi connectivity index (χ4v) is 4.71. The van der Waals surface area contributed by atoms with Gasteiger partial charge < -0.3 is 5.32 Å². The Bertz CT molecular complexity index is 711. The molecule has 0 radical (unpaired) electrons. The minimum atomic E-state index is -0.780. The molecule has 1 aromatic carbocycles. The van der Waals surface area contributed by atoms with Crippen molar-refractivity contribution in [3.63, 3.8) is 0 Å². The summed E-state index contributed by atoms with van der Waals surface area (Å²) in [6, 6.07) is 8.75. The van der Waals surface area contributed by atoms with Gasteiger partial charge in [0.05, 0.1) is 11.8 Å². The molecule has 1 aliphatic heterocycles. The van der Waals surface area contributed by atoms with Crippen LogP contribution >= 0.6 is 0 Å². The van der Waals surface area contributed by atoms with Gasteiger partial charge in [0.15, 0.2) is 0 Å². The number of likely N-dealkylation sites (N-methyl/N-ethyl adjacent to an activating group) is 1. The summed E-state index contributed by atoms with van der Waals surface area (Å²) in [5.74, 6) is -0.906. The van der Waals surface area contributed by atoms with Crippen LogP contribution in [-0.4, -0.2) is 35.7 Å². The van der Waals surface area contributed by atoms with Crippen molar-refractivity contribution in [3.8, 4) is 0 Å². The molecule has 3 amide bonds. The Labute approximate surface area is 147 Å². The van der Waals surface area contributed by atoms with E-state index in [2.05, 4.69) is 17.5 Å². The Hall–Kier alpha value is -2.43. The molecule has 1 saturated carbocycles. The molecule has 5 heteroatoms. The normalized spacial score (nSPS) is 31.2. The number of hydrogen-bond donors (Lipinski definition) is 1. The molecular weight excluding hydrogens is 316 g/mol. The zero-order valence-electron chi connectivity index (χ0n) is 14.2. The van der Waals surface area contributed by atoms with Gasteiger partial charge in [0.2, 0.25) is 17.7 Å². The molecule has 25 heavy (non-hydrogen) atoms. The van der Waals surface area contributed by atoms with Crippen molar-refractivity contribution >= 4 is 17.7 Å². The highest BCUT2D eigenvalue weighted by atomic mass is 16.2. The topological polar surface area (TPSA) is 66.5 Å². The van der Waals surface area contributed by atoms with Crippen molar-refractivity contribution < 1.29 is 14.4 Å². The van der Waals surface area contributed by atoms with E-state index in [0.717, 1.165) is 18.4 Å². The first-order valence-corrected chi connectivity index (χ1v) is 8.92. The maximum atomic E-state index is 13.1. The predicted molar refractivity (Wildman–Crippen MR) is 92.2 cm³/mol. The average Bonchev–Trinajstić information content (AvgIpc) is 2.94. The summed E-state index contributed by atoms with van der Waals surface area (Å²) in [5.41, 5.74) is 0.938. The molecule has 0 aromatic heterocycles. The zero-order chi connectivity index (χ0) is 17.6. The molecule has 2 fully saturated rings. The molecule has 5 rings (SSSR count). The summed E-state index contributed by atoms with van der Waals surface area (Å²) >= 11 is 0. The molecule has 3 aliphatic carbocycles. The van der Waals surface area contributed by atoms with Crippen molar-refractivity contribution in [3.05, 3.63) is 48.0 Å². The van der Waals surface area contributed by atoms with Gasteiger partial charge in [0.1, 0.15) is 6.04 Å². The predicted octanol–water partition coefficient (Wildman–Crippen LogP) is 1.54. The Morgan fingerprint density at radius 3 is 2.12 bits per heavy atom. The van der Waals surface area contributed by atoms with Crippen LogP contribution in [0.2, 0.25) is 0 Å². The standard InChI is InChI=1S/C20H22N2O3/c1-21-18(23)15(11-12-5-3-2-4-6-12)22-19(24)16-13-7-8-14(10-9-13)17(16)20(22)25/h2-8,13-17H,9-11H2,1H3,(H,21,23)/t13-,14-,15-,16-,17-/m0/s1. The quantitative estimate of drug-likeness (QED) is 0.669. The summed E-state index contributed by atoms with van der Waals surface area (Å²) < 4.78 is 0. The first kappa shape index (κ1) is 16.1. The number of nitrogens with one attached hydrogen (secondary N) is 1.